The minimum atomic E-state index is -2.72. The second kappa shape index (κ2) is 8.31. The largest absolute Gasteiger partial charge is 0.327 e. The maximum Gasteiger partial charge on any atom is 0.319 e. The van der Waals surface area contributed by atoms with Crippen LogP contribution < -0.4 is 10.6 Å². The maximum absolute atomic E-state index is 12.1. The molecule has 0 bridgehead atoms. The summed E-state index contributed by atoms with van der Waals surface area (Å²) in [5.41, 5.74) is 0.817. The lowest BCUT2D eigenvalue weighted by Gasteiger charge is -2.11. The summed E-state index contributed by atoms with van der Waals surface area (Å²) in [6.45, 7) is 1.94. The molecule has 1 unspecified atom stereocenters. The third-order valence-corrected chi connectivity index (χ3v) is 4.69. The fourth-order valence-electron chi connectivity index (χ4n) is 1.37. The summed E-state index contributed by atoms with van der Waals surface area (Å²) < 4.78 is 17.2. The molecule has 23 heavy (non-hydrogen) atoms. The van der Waals surface area contributed by atoms with Crippen LogP contribution in [0.3, 0.4) is 0 Å². The van der Waals surface area contributed by atoms with Gasteiger partial charge in [0.25, 0.3) is 5.91 Å². The molecule has 0 saturated carbocycles. The topological polar surface area (TPSA) is 90.9 Å². The van der Waals surface area contributed by atoms with Gasteiger partial charge in [0.15, 0.2) is 0 Å². The number of amides is 3. The first-order chi connectivity index (χ1) is 10.8. The summed E-state index contributed by atoms with van der Waals surface area (Å²) in [5.74, 6) is 4.81. The molecule has 124 valence electrons. The molecule has 0 aliphatic heterocycles. The van der Waals surface area contributed by atoms with Crippen molar-refractivity contribution in [2.45, 2.75) is 6.92 Å². The lowest BCUT2D eigenvalue weighted by Crippen LogP contribution is -2.28. The molecule has 0 saturated heterocycles. The van der Waals surface area contributed by atoms with Crippen molar-refractivity contribution in [2.75, 3.05) is 32.2 Å². The third-order valence-electron chi connectivity index (χ3n) is 2.83. The van der Waals surface area contributed by atoms with Crippen molar-refractivity contribution in [2.24, 2.45) is 4.36 Å². The van der Waals surface area contributed by atoms with Gasteiger partial charge in [-0.25, -0.2) is 13.3 Å². The molecule has 8 heteroatoms. The fourth-order valence-corrected chi connectivity index (χ4v) is 1.95. The highest BCUT2D eigenvalue weighted by Crippen LogP contribution is 2.11. The number of rotatable bonds is 4. The molecule has 0 heterocycles. The highest BCUT2D eigenvalue weighted by Gasteiger charge is 2.11. The highest BCUT2D eigenvalue weighted by molar-refractivity contribution is 7.90. The predicted molar refractivity (Wildman–Crippen MR) is 91.4 cm³/mol. The van der Waals surface area contributed by atoms with Crippen molar-refractivity contribution >= 4 is 27.5 Å². The van der Waals surface area contributed by atoms with Gasteiger partial charge in [0.05, 0.1) is 6.54 Å². The number of nitrogens with one attached hydrogen (secondary N) is 2. The van der Waals surface area contributed by atoms with Crippen LogP contribution in [0.2, 0.25) is 0 Å². The van der Waals surface area contributed by atoms with E-state index in [2.05, 4.69) is 26.8 Å². The normalized spacial score (nSPS) is 12.6. The standard InChI is InChI=1S/C15H20N4O3S/c1-5-6-11-16-15(21)17-13-9-7-12(8-10-13)14(20)18-23(4,22)19(2)3/h7-10H,11H2,1-4H3,(H2,16,17,21). The van der Waals surface area contributed by atoms with Gasteiger partial charge in [-0.05, 0) is 31.2 Å². The van der Waals surface area contributed by atoms with Crippen molar-refractivity contribution in [3.63, 3.8) is 0 Å². The Morgan fingerprint density at radius 1 is 1.26 bits per heavy atom. The van der Waals surface area contributed by atoms with Crippen molar-refractivity contribution in [3.8, 4) is 11.8 Å². The molecule has 0 radical (unpaired) electrons. The number of carbonyl (C=O) groups excluding carboxylic acids is 2. The van der Waals surface area contributed by atoms with Crippen LogP contribution in [-0.4, -0.2) is 47.3 Å². The quantitative estimate of drug-likeness (QED) is 0.817. The van der Waals surface area contributed by atoms with Gasteiger partial charge < -0.3 is 10.6 Å². The van der Waals surface area contributed by atoms with Crippen LogP contribution in [0.4, 0.5) is 10.5 Å². The number of urea groups is 1. The Morgan fingerprint density at radius 3 is 2.39 bits per heavy atom. The van der Waals surface area contributed by atoms with Gasteiger partial charge in [-0.3, -0.25) is 4.79 Å². The zero-order valence-electron chi connectivity index (χ0n) is 13.5. The average molecular weight is 336 g/mol. The summed E-state index contributed by atoms with van der Waals surface area (Å²) in [5, 5.41) is 5.17. The van der Waals surface area contributed by atoms with Crippen LogP contribution in [0, 0.1) is 11.8 Å². The highest BCUT2D eigenvalue weighted by atomic mass is 32.2. The smallest absolute Gasteiger partial charge is 0.319 e. The number of nitrogens with zero attached hydrogens (tertiary/aromatic N) is 2. The van der Waals surface area contributed by atoms with E-state index in [1.54, 1.807) is 33.2 Å². The minimum absolute atomic E-state index is 0.257. The van der Waals surface area contributed by atoms with Crippen LogP contribution in [-0.2, 0) is 9.92 Å². The summed E-state index contributed by atoms with van der Waals surface area (Å²) in [6, 6.07) is 5.78. The molecular formula is C15H20N4O3S. The number of anilines is 1. The van der Waals surface area contributed by atoms with E-state index < -0.39 is 15.8 Å². The third kappa shape index (κ3) is 6.10. The maximum atomic E-state index is 12.1. The van der Waals surface area contributed by atoms with Gasteiger partial charge in [0.2, 0.25) is 0 Å². The Bertz CT molecular complexity index is 751. The number of hydrogen-bond acceptors (Lipinski definition) is 3. The van der Waals surface area contributed by atoms with E-state index in [-0.39, 0.29) is 12.6 Å². The molecule has 1 atom stereocenters. The Balaban J connectivity index is 2.77. The SMILES string of the molecule is CC#CCNC(=O)Nc1ccc(C(=O)N=S(C)(=O)N(C)C)cc1. The molecule has 0 aromatic heterocycles. The first kappa shape index (κ1) is 18.7. The van der Waals surface area contributed by atoms with E-state index in [4.69, 9.17) is 0 Å². The number of carbonyl (C=O) groups is 2. The van der Waals surface area contributed by atoms with E-state index in [1.165, 1.54) is 22.7 Å². The second-order valence-electron chi connectivity index (χ2n) is 4.78. The van der Waals surface area contributed by atoms with E-state index >= 15 is 0 Å². The van der Waals surface area contributed by atoms with E-state index in [1.807, 2.05) is 0 Å². The van der Waals surface area contributed by atoms with Gasteiger partial charge in [-0.2, -0.15) is 0 Å². The van der Waals surface area contributed by atoms with E-state index in [9.17, 15) is 13.8 Å². The molecule has 7 nitrogen and oxygen atoms in total. The zero-order valence-corrected chi connectivity index (χ0v) is 14.4. The van der Waals surface area contributed by atoms with E-state index in [0.717, 1.165) is 0 Å². The van der Waals surface area contributed by atoms with Gasteiger partial charge in [-0.1, -0.05) is 5.92 Å². The second-order valence-corrected chi connectivity index (χ2v) is 7.22. The Labute approximate surface area is 136 Å². The zero-order chi connectivity index (χ0) is 17.5. The molecular weight excluding hydrogens is 316 g/mol. The minimum Gasteiger partial charge on any atom is -0.327 e. The fraction of sp³-hybridized carbons (Fsp3) is 0.333. The van der Waals surface area contributed by atoms with Crippen molar-refractivity contribution in [3.05, 3.63) is 29.8 Å². The average Bonchev–Trinajstić information content (AvgIpc) is 2.47. The molecule has 1 aromatic rings. The Morgan fingerprint density at radius 2 is 1.87 bits per heavy atom. The lowest BCUT2D eigenvalue weighted by molar-refractivity contribution is 0.100. The van der Waals surface area contributed by atoms with Crippen LogP contribution in [0.1, 0.15) is 17.3 Å². The van der Waals surface area contributed by atoms with Crippen LogP contribution in [0.15, 0.2) is 28.6 Å². The Hall–Kier alpha value is -2.37. The van der Waals surface area contributed by atoms with E-state index in [0.29, 0.717) is 11.3 Å². The molecule has 0 aliphatic carbocycles. The predicted octanol–water partition coefficient (Wildman–Crippen LogP) is 1.55. The number of hydrogen-bond donors (Lipinski definition) is 2. The number of benzene rings is 1. The Kier molecular flexibility index (Phi) is 6.75. The van der Waals surface area contributed by atoms with Gasteiger partial charge in [-0.15, -0.1) is 10.3 Å². The monoisotopic (exact) mass is 336 g/mol. The summed E-state index contributed by atoms with van der Waals surface area (Å²) >= 11 is 0. The molecule has 0 spiro atoms. The summed E-state index contributed by atoms with van der Waals surface area (Å²) in [7, 11) is 0.461. The molecule has 0 aliphatic rings. The summed E-state index contributed by atoms with van der Waals surface area (Å²) in [4.78, 5) is 23.5. The van der Waals surface area contributed by atoms with Crippen LogP contribution in [0.25, 0.3) is 0 Å². The van der Waals surface area contributed by atoms with Crippen molar-refractivity contribution in [1.82, 2.24) is 9.62 Å². The lowest BCUT2D eigenvalue weighted by atomic mass is 10.2. The van der Waals surface area contributed by atoms with Crippen LogP contribution >= 0.6 is 0 Å². The molecule has 1 aromatic carbocycles. The van der Waals surface area contributed by atoms with Crippen LogP contribution in [0.5, 0.6) is 0 Å². The summed E-state index contributed by atoms with van der Waals surface area (Å²) in [6.07, 6.45) is 1.39. The molecule has 1 rings (SSSR count). The van der Waals surface area contributed by atoms with Crippen molar-refractivity contribution < 1.29 is 13.8 Å². The van der Waals surface area contributed by atoms with Gasteiger partial charge >= 0.3 is 6.03 Å². The molecule has 0 fully saturated rings. The van der Waals surface area contributed by atoms with Gasteiger partial charge in [0.1, 0.15) is 9.92 Å². The molecule has 3 amide bonds. The first-order valence-electron chi connectivity index (χ1n) is 6.74. The van der Waals surface area contributed by atoms with Crippen molar-refractivity contribution in [1.29, 1.82) is 0 Å². The first-order valence-corrected chi connectivity index (χ1v) is 8.62. The van der Waals surface area contributed by atoms with Gasteiger partial charge in [0, 0.05) is 31.6 Å². The molecule has 2 N–H and O–H groups in total.